The highest BCUT2D eigenvalue weighted by molar-refractivity contribution is 5.29. The predicted molar refractivity (Wildman–Crippen MR) is 87.1 cm³/mol. The van der Waals surface area contributed by atoms with E-state index in [-0.39, 0.29) is 11.6 Å². The molecule has 1 saturated heterocycles. The van der Waals surface area contributed by atoms with Gasteiger partial charge in [0.05, 0.1) is 13.7 Å². The molecule has 7 heteroatoms. The largest absolute Gasteiger partial charge is 0.494 e. The normalized spacial score (nSPS) is 18.7. The Hall–Kier alpha value is -1.99. The molecule has 2 aromatic rings. The summed E-state index contributed by atoms with van der Waals surface area (Å²) in [6.07, 6.45) is 2.23. The minimum Gasteiger partial charge on any atom is -0.494 e. The van der Waals surface area contributed by atoms with Crippen molar-refractivity contribution in [3.63, 3.8) is 0 Å². The summed E-state index contributed by atoms with van der Waals surface area (Å²) in [4.78, 5) is 6.58. The number of methoxy groups -OCH3 is 1. The van der Waals surface area contributed by atoms with E-state index in [1.165, 1.54) is 13.2 Å². The van der Waals surface area contributed by atoms with Crippen molar-refractivity contribution in [2.45, 2.75) is 38.9 Å². The summed E-state index contributed by atoms with van der Waals surface area (Å²) in [6, 6.07) is 5.45. The van der Waals surface area contributed by atoms with Crippen LogP contribution in [0.5, 0.6) is 5.75 Å². The molecule has 1 fully saturated rings. The topological polar surface area (TPSA) is 63.4 Å². The number of halogens is 1. The van der Waals surface area contributed by atoms with E-state index < -0.39 is 0 Å². The molecule has 1 aliphatic rings. The molecule has 1 aromatic carbocycles. The van der Waals surface area contributed by atoms with Crippen molar-refractivity contribution >= 4 is 0 Å². The number of ether oxygens (including phenoxy) is 1. The van der Waals surface area contributed by atoms with Crippen molar-refractivity contribution in [1.29, 1.82) is 0 Å². The number of aromatic nitrogens is 2. The lowest BCUT2D eigenvalue weighted by Gasteiger charge is -2.32. The Morgan fingerprint density at radius 3 is 3.04 bits per heavy atom. The number of hydrogen-bond acceptors (Lipinski definition) is 6. The second-order valence-corrected chi connectivity index (χ2v) is 6.15. The van der Waals surface area contributed by atoms with Crippen LogP contribution in [0.3, 0.4) is 0 Å². The average Bonchev–Trinajstić information content (AvgIpc) is 2.98. The monoisotopic (exact) mass is 334 g/mol. The second-order valence-electron chi connectivity index (χ2n) is 6.15. The number of rotatable bonds is 6. The molecule has 1 atom stereocenters. The summed E-state index contributed by atoms with van der Waals surface area (Å²) < 4.78 is 23.7. The second kappa shape index (κ2) is 7.72. The lowest BCUT2D eigenvalue weighted by molar-refractivity contribution is 0.177. The number of nitrogens with zero attached hydrogens (tertiary/aromatic N) is 3. The van der Waals surface area contributed by atoms with Crippen molar-refractivity contribution in [1.82, 2.24) is 20.4 Å². The molecule has 1 aromatic heterocycles. The minimum absolute atomic E-state index is 0.276. The van der Waals surface area contributed by atoms with Gasteiger partial charge in [-0.25, -0.2) is 4.39 Å². The fourth-order valence-corrected chi connectivity index (χ4v) is 3.05. The van der Waals surface area contributed by atoms with Gasteiger partial charge in [0.25, 0.3) is 0 Å². The minimum atomic E-state index is -0.324. The molecule has 0 saturated carbocycles. The van der Waals surface area contributed by atoms with Crippen LogP contribution in [0.2, 0.25) is 0 Å². The van der Waals surface area contributed by atoms with E-state index >= 15 is 0 Å². The summed E-state index contributed by atoms with van der Waals surface area (Å²) in [7, 11) is 1.47. The zero-order chi connectivity index (χ0) is 16.9. The number of hydrogen-bond donors (Lipinski definition) is 1. The number of aryl methyl sites for hydroxylation is 1. The van der Waals surface area contributed by atoms with Crippen molar-refractivity contribution < 1.29 is 13.7 Å². The molecular formula is C17H23FN4O2. The molecule has 0 radical (unpaired) electrons. The van der Waals surface area contributed by atoms with Gasteiger partial charge >= 0.3 is 0 Å². The van der Waals surface area contributed by atoms with E-state index in [1.54, 1.807) is 13.0 Å². The molecule has 1 aliphatic heterocycles. The van der Waals surface area contributed by atoms with Gasteiger partial charge in [0.2, 0.25) is 5.89 Å². The number of piperidine rings is 1. The van der Waals surface area contributed by atoms with E-state index in [4.69, 9.17) is 9.26 Å². The van der Waals surface area contributed by atoms with Crippen LogP contribution in [0.15, 0.2) is 22.7 Å². The Morgan fingerprint density at radius 2 is 2.33 bits per heavy atom. The first-order chi connectivity index (χ1) is 11.6. The lowest BCUT2D eigenvalue weighted by Crippen LogP contribution is -2.45. The molecule has 24 heavy (non-hydrogen) atoms. The maximum atomic E-state index is 13.7. The molecule has 1 N–H and O–H groups in total. The Kier molecular flexibility index (Phi) is 5.42. The van der Waals surface area contributed by atoms with Crippen molar-refractivity contribution in [3.05, 3.63) is 41.3 Å². The molecule has 0 aliphatic carbocycles. The van der Waals surface area contributed by atoms with Crippen LogP contribution < -0.4 is 10.1 Å². The maximum Gasteiger partial charge on any atom is 0.223 e. The quantitative estimate of drug-likeness (QED) is 0.874. The van der Waals surface area contributed by atoms with Gasteiger partial charge in [-0.05, 0) is 37.1 Å². The fraction of sp³-hybridized carbons (Fsp3) is 0.529. The van der Waals surface area contributed by atoms with Crippen LogP contribution in [-0.2, 0) is 13.1 Å². The first-order valence-corrected chi connectivity index (χ1v) is 8.21. The van der Waals surface area contributed by atoms with Gasteiger partial charge < -0.3 is 14.6 Å². The Bertz CT molecular complexity index is 676. The van der Waals surface area contributed by atoms with Gasteiger partial charge in [-0.15, -0.1) is 0 Å². The molecule has 0 amide bonds. The third-order valence-corrected chi connectivity index (χ3v) is 4.25. The van der Waals surface area contributed by atoms with E-state index in [1.807, 2.05) is 6.07 Å². The average molecular weight is 334 g/mol. The number of likely N-dealkylation sites (tertiary alicyclic amines) is 1. The molecule has 130 valence electrons. The highest BCUT2D eigenvalue weighted by Crippen LogP contribution is 2.18. The summed E-state index contributed by atoms with van der Waals surface area (Å²) >= 11 is 0. The van der Waals surface area contributed by atoms with Gasteiger partial charge in [0, 0.05) is 26.1 Å². The van der Waals surface area contributed by atoms with Crippen molar-refractivity contribution in [2.75, 3.05) is 20.2 Å². The molecule has 3 rings (SSSR count). The first-order valence-electron chi connectivity index (χ1n) is 8.21. The van der Waals surface area contributed by atoms with Gasteiger partial charge in [-0.1, -0.05) is 11.2 Å². The molecule has 0 unspecified atom stereocenters. The first kappa shape index (κ1) is 16.9. The van der Waals surface area contributed by atoms with Crippen LogP contribution >= 0.6 is 0 Å². The van der Waals surface area contributed by atoms with Gasteiger partial charge in [-0.2, -0.15) is 4.98 Å². The molecular weight excluding hydrogens is 311 g/mol. The Morgan fingerprint density at radius 1 is 1.46 bits per heavy atom. The third kappa shape index (κ3) is 4.30. The predicted octanol–water partition coefficient (Wildman–Crippen LogP) is 2.28. The summed E-state index contributed by atoms with van der Waals surface area (Å²) in [5.41, 5.74) is 0.916. The van der Waals surface area contributed by atoms with E-state index in [0.717, 1.165) is 37.3 Å². The van der Waals surface area contributed by atoms with Crippen molar-refractivity contribution in [2.24, 2.45) is 0 Å². The molecule has 6 nitrogen and oxygen atoms in total. The highest BCUT2D eigenvalue weighted by atomic mass is 19.1. The summed E-state index contributed by atoms with van der Waals surface area (Å²) in [5, 5.41) is 7.46. The molecule has 0 spiro atoms. The lowest BCUT2D eigenvalue weighted by atomic mass is 10.1. The van der Waals surface area contributed by atoms with Gasteiger partial charge in [0.15, 0.2) is 17.4 Å². The Balaban J connectivity index is 1.51. The van der Waals surface area contributed by atoms with Crippen LogP contribution in [0.25, 0.3) is 0 Å². The SMILES string of the molecule is COc1ccc(CN[C@H]2CCCN(Cc3noc(C)n3)C2)cc1F. The van der Waals surface area contributed by atoms with Crippen LogP contribution in [0, 0.1) is 12.7 Å². The van der Waals surface area contributed by atoms with Crippen molar-refractivity contribution in [3.8, 4) is 5.75 Å². The molecule has 2 heterocycles. The zero-order valence-corrected chi connectivity index (χ0v) is 14.1. The zero-order valence-electron chi connectivity index (χ0n) is 14.1. The molecule has 0 bridgehead atoms. The standard InChI is InChI=1S/C17H23FN4O2/c1-12-20-17(21-24-12)11-22-7-3-4-14(10-22)19-9-13-5-6-16(23-2)15(18)8-13/h5-6,8,14,19H,3-4,7,9-11H2,1-2H3/t14-/m0/s1. The van der Waals surface area contributed by atoms with E-state index in [9.17, 15) is 4.39 Å². The van der Waals surface area contributed by atoms with Crippen LogP contribution in [0.4, 0.5) is 4.39 Å². The fourth-order valence-electron chi connectivity index (χ4n) is 3.05. The number of benzene rings is 1. The smallest absolute Gasteiger partial charge is 0.223 e. The Labute approximate surface area is 141 Å². The summed E-state index contributed by atoms with van der Waals surface area (Å²) in [6.45, 7) is 5.09. The van der Waals surface area contributed by atoms with E-state index in [0.29, 0.717) is 25.0 Å². The summed E-state index contributed by atoms with van der Waals surface area (Å²) in [5.74, 6) is 1.27. The van der Waals surface area contributed by atoms with E-state index in [2.05, 4.69) is 20.4 Å². The van der Waals surface area contributed by atoms with Crippen LogP contribution in [0.1, 0.15) is 30.1 Å². The highest BCUT2D eigenvalue weighted by Gasteiger charge is 2.21. The van der Waals surface area contributed by atoms with Crippen LogP contribution in [-0.4, -0.2) is 41.3 Å². The number of nitrogens with one attached hydrogen (secondary N) is 1. The maximum absolute atomic E-state index is 13.7. The van der Waals surface area contributed by atoms with Gasteiger partial charge in [0.1, 0.15) is 0 Å². The third-order valence-electron chi connectivity index (χ3n) is 4.25. The van der Waals surface area contributed by atoms with Gasteiger partial charge in [-0.3, -0.25) is 4.90 Å².